The molecule has 0 radical (unpaired) electrons. The Hall–Kier alpha value is -3.38. The van der Waals surface area contributed by atoms with Crippen LogP contribution in [0.2, 0.25) is 0 Å². The molecule has 0 unspecified atom stereocenters. The molecular weight excluding hydrogens is 364 g/mol. The van der Waals surface area contributed by atoms with Crippen LogP contribution in [0.1, 0.15) is 11.3 Å². The van der Waals surface area contributed by atoms with Gasteiger partial charge in [-0.3, -0.25) is 14.3 Å². The van der Waals surface area contributed by atoms with Crippen LogP contribution in [0.15, 0.2) is 59.7 Å². The van der Waals surface area contributed by atoms with E-state index in [1.54, 1.807) is 23.9 Å². The lowest BCUT2D eigenvalue weighted by Gasteiger charge is -2.14. The maximum atomic E-state index is 12.8. The Bertz CT molecular complexity index is 1270. The van der Waals surface area contributed by atoms with Crippen molar-refractivity contribution >= 4 is 10.9 Å². The summed E-state index contributed by atoms with van der Waals surface area (Å²) >= 11 is 0. The van der Waals surface area contributed by atoms with E-state index in [1.165, 1.54) is 16.6 Å². The number of nitrogens with zero attached hydrogens (tertiary/aromatic N) is 3. The molecule has 1 N–H and O–H groups in total. The SMILES string of the molecule is COc1ccc(-c2ccn(-c3ccc4c5c(n(C)c4c3)CCNC5)c(=O)c2)nc1. The smallest absolute Gasteiger partial charge is 0.255 e. The van der Waals surface area contributed by atoms with Gasteiger partial charge < -0.3 is 14.6 Å². The first kappa shape index (κ1) is 17.7. The fraction of sp³-hybridized carbons (Fsp3) is 0.217. The van der Waals surface area contributed by atoms with Crippen LogP contribution in [-0.2, 0) is 20.0 Å². The van der Waals surface area contributed by atoms with E-state index in [9.17, 15) is 4.79 Å². The van der Waals surface area contributed by atoms with Crippen molar-refractivity contribution in [1.82, 2.24) is 19.4 Å². The minimum Gasteiger partial charge on any atom is -0.495 e. The second-order valence-corrected chi connectivity index (χ2v) is 7.32. The van der Waals surface area contributed by atoms with E-state index >= 15 is 0 Å². The topological polar surface area (TPSA) is 61.1 Å². The Morgan fingerprint density at radius 2 is 2.03 bits per heavy atom. The molecule has 4 heterocycles. The van der Waals surface area contributed by atoms with Crippen LogP contribution in [0, 0.1) is 0 Å². The van der Waals surface area contributed by atoms with Crippen molar-refractivity contribution in [3.63, 3.8) is 0 Å². The van der Waals surface area contributed by atoms with E-state index in [0.717, 1.165) is 42.0 Å². The zero-order chi connectivity index (χ0) is 20.0. The molecule has 0 spiro atoms. The van der Waals surface area contributed by atoms with Crippen LogP contribution < -0.4 is 15.6 Å². The minimum absolute atomic E-state index is 0.0832. The van der Waals surface area contributed by atoms with Crippen molar-refractivity contribution in [3.8, 4) is 22.7 Å². The average Bonchev–Trinajstić information content (AvgIpc) is 3.06. The number of pyridine rings is 2. The number of hydrogen-bond acceptors (Lipinski definition) is 4. The predicted octanol–water partition coefficient (Wildman–Crippen LogP) is 3.05. The monoisotopic (exact) mass is 386 g/mol. The summed E-state index contributed by atoms with van der Waals surface area (Å²) in [7, 11) is 3.71. The Kier molecular flexibility index (Phi) is 4.21. The standard InChI is InChI=1S/C23H22N4O2/c1-26-21-7-9-24-14-19(21)18-5-3-16(12-22(18)26)27-10-8-15(11-23(27)28)20-6-4-17(29-2)13-25-20/h3-6,8,10-13,24H,7,9,14H2,1-2H3. The molecule has 0 aliphatic carbocycles. The van der Waals surface area contributed by atoms with Crippen molar-refractivity contribution in [1.29, 1.82) is 0 Å². The second kappa shape index (κ2) is 6.90. The highest BCUT2D eigenvalue weighted by Crippen LogP contribution is 2.29. The first-order chi connectivity index (χ1) is 14.2. The van der Waals surface area contributed by atoms with Gasteiger partial charge in [0.15, 0.2) is 0 Å². The fourth-order valence-corrected chi connectivity index (χ4v) is 4.17. The predicted molar refractivity (Wildman–Crippen MR) is 114 cm³/mol. The molecule has 4 aromatic rings. The first-order valence-electron chi connectivity index (χ1n) is 9.70. The fourth-order valence-electron chi connectivity index (χ4n) is 4.17. The molecule has 5 rings (SSSR count). The molecule has 0 saturated heterocycles. The van der Waals surface area contributed by atoms with E-state index in [4.69, 9.17) is 4.74 Å². The van der Waals surface area contributed by atoms with Crippen molar-refractivity contribution < 1.29 is 4.74 Å². The van der Waals surface area contributed by atoms with Gasteiger partial charge in [-0.15, -0.1) is 0 Å². The molecule has 1 aliphatic heterocycles. The van der Waals surface area contributed by atoms with Crippen molar-refractivity contribution in [2.24, 2.45) is 7.05 Å². The number of aryl methyl sites for hydroxylation is 1. The lowest BCUT2D eigenvalue weighted by atomic mass is 10.1. The molecule has 146 valence electrons. The molecule has 0 saturated carbocycles. The van der Waals surface area contributed by atoms with Crippen LogP contribution in [0.3, 0.4) is 0 Å². The van der Waals surface area contributed by atoms with Gasteiger partial charge in [0.05, 0.1) is 30.2 Å². The summed E-state index contributed by atoms with van der Waals surface area (Å²) in [6.07, 6.45) is 4.50. The number of aromatic nitrogens is 3. The third-order valence-electron chi connectivity index (χ3n) is 5.73. The normalized spacial score (nSPS) is 13.4. The second-order valence-electron chi connectivity index (χ2n) is 7.32. The largest absolute Gasteiger partial charge is 0.495 e. The number of fused-ring (bicyclic) bond motifs is 3. The third-order valence-corrected chi connectivity index (χ3v) is 5.73. The highest BCUT2D eigenvalue weighted by molar-refractivity contribution is 5.87. The van der Waals surface area contributed by atoms with Crippen LogP contribution in [-0.4, -0.2) is 27.8 Å². The van der Waals surface area contributed by atoms with Crippen LogP contribution >= 0.6 is 0 Å². The van der Waals surface area contributed by atoms with Crippen LogP contribution in [0.25, 0.3) is 27.8 Å². The van der Waals surface area contributed by atoms with Crippen molar-refractivity contribution in [2.45, 2.75) is 13.0 Å². The third kappa shape index (κ3) is 2.93. The first-order valence-corrected chi connectivity index (χ1v) is 9.70. The van der Waals surface area contributed by atoms with Gasteiger partial charge >= 0.3 is 0 Å². The number of ether oxygens (including phenoxy) is 1. The van der Waals surface area contributed by atoms with Gasteiger partial charge in [0, 0.05) is 55.5 Å². The van der Waals surface area contributed by atoms with Gasteiger partial charge in [-0.05, 0) is 35.9 Å². The van der Waals surface area contributed by atoms with Crippen LogP contribution in [0.4, 0.5) is 0 Å². The molecule has 1 aromatic carbocycles. The molecule has 0 fully saturated rings. The van der Waals surface area contributed by atoms with Gasteiger partial charge in [0.25, 0.3) is 5.56 Å². The van der Waals surface area contributed by atoms with E-state index < -0.39 is 0 Å². The summed E-state index contributed by atoms with van der Waals surface area (Å²) in [4.78, 5) is 17.2. The highest BCUT2D eigenvalue weighted by Gasteiger charge is 2.18. The number of hydrogen-bond donors (Lipinski definition) is 1. The maximum Gasteiger partial charge on any atom is 0.255 e. The van der Waals surface area contributed by atoms with Gasteiger partial charge in [-0.2, -0.15) is 0 Å². The van der Waals surface area contributed by atoms with Gasteiger partial charge in [-0.1, -0.05) is 6.07 Å². The van der Waals surface area contributed by atoms with Crippen molar-refractivity contribution in [3.05, 3.63) is 76.5 Å². The molecular formula is C23H22N4O2. The molecule has 0 bridgehead atoms. The summed E-state index contributed by atoms with van der Waals surface area (Å²) in [6.45, 7) is 1.90. The average molecular weight is 386 g/mol. The van der Waals surface area contributed by atoms with E-state index in [1.807, 2.05) is 30.5 Å². The highest BCUT2D eigenvalue weighted by atomic mass is 16.5. The van der Waals surface area contributed by atoms with Gasteiger partial charge in [0.1, 0.15) is 5.75 Å². The van der Waals surface area contributed by atoms with E-state index in [0.29, 0.717) is 5.75 Å². The molecule has 6 heteroatoms. The number of methoxy groups -OCH3 is 1. The molecule has 6 nitrogen and oxygen atoms in total. The molecule has 29 heavy (non-hydrogen) atoms. The maximum absolute atomic E-state index is 12.8. The number of benzene rings is 1. The molecule has 1 aliphatic rings. The lowest BCUT2D eigenvalue weighted by Crippen LogP contribution is -2.24. The molecule has 0 amide bonds. The summed E-state index contributed by atoms with van der Waals surface area (Å²) < 4.78 is 9.08. The van der Waals surface area contributed by atoms with Crippen molar-refractivity contribution in [2.75, 3.05) is 13.7 Å². The molecule has 3 aromatic heterocycles. The Morgan fingerprint density at radius 3 is 2.79 bits per heavy atom. The number of rotatable bonds is 3. The Labute approximate surface area is 168 Å². The van der Waals surface area contributed by atoms with Gasteiger partial charge in [0.2, 0.25) is 0 Å². The zero-order valence-electron chi connectivity index (χ0n) is 16.5. The van der Waals surface area contributed by atoms with E-state index in [-0.39, 0.29) is 5.56 Å². The Balaban J connectivity index is 1.56. The van der Waals surface area contributed by atoms with E-state index in [2.05, 4.69) is 34.0 Å². The summed E-state index contributed by atoms with van der Waals surface area (Å²) in [6, 6.07) is 13.5. The Morgan fingerprint density at radius 1 is 1.14 bits per heavy atom. The summed E-state index contributed by atoms with van der Waals surface area (Å²) in [5.41, 5.74) is 6.22. The number of nitrogens with one attached hydrogen (secondary N) is 1. The molecule has 0 atom stereocenters. The summed E-state index contributed by atoms with van der Waals surface area (Å²) in [5, 5.41) is 4.70. The zero-order valence-corrected chi connectivity index (χ0v) is 16.5. The van der Waals surface area contributed by atoms with Gasteiger partial charge in [-0.25, -0.2) is 0 Å². The van der Waals surface area contributed by atoms with Crippen LogP contribution in [0.5, 0.6) is 5.75 Å². The lowest BCUT2D eigenvalue weighted by molar-refractivity contribution is 0.413. The quantitative estimate of drug-likeness (QED) is 0.588. The minimum atomic E-state index is -0.0832. The summed E-state index contributed by atoms with van der Waals surface area (Å²) in [5.74, 6) is 0.691.